The van der Waals surface area contributed by atoms with E-state index in [4.69, 9.17) is 0 Å². The van der Waals surface area contributed by atoms with Crippen LogP contribution >= 0.6 is 0 Å². The molecule has 3 saturated heterocycles. The van der Waals surface area contributed by atoms with Crippen LogP contribution in [0.1, 0.15) is 26.2 Å². The van der Waals surface area contributed by atoms with Gasteiger partial charge in [0.05, 0.1) is 6.54 Å². The summed E-state index contributed by atoms with van der Waals surface area (Å²) in [5.74, 6) is 0.908. The summed E-state index contributed by atoms with van der Waals surface area (Å²) in [5, 5.41) is 0. The van der Waals surface area contributed by atoms with Crippen molar-refractivity contribution in [3.63, 3.8) is 0 Å². The standard InChI is InChI=1S/C9H15NO/c1-2-8-5-7-3-4-10(8)6-9(7)11/h7-8H,2-6H2,1H3. The molecule has 3 rings (SSSR count). The Morgan fingerprint density at radius 2 is 2.45 bits per heavy atom. The van der Waals surface area contributed by atoms with Crippen LogP contribution in [-0.4, -0.2) is 29.8 Å². The molecule has 0 aromatic carbocycles. The second-order valence-corrected chi connectivity index (χ2v) is 3.72. The number of Topliss-reactive ketones (excluding diaryl/α,β-unsaturated/α-hetero) is 1. The molecular weight excluding hydrogens is 138 g/mol. The summed E-state index contributed by atoms with van der Waals surface area (Å²) in [4.78, 5) is 13.6. The van der Waals surface area contributed by atoms with E-state index < -0.39 is 0 Å². The first-order valence-corrected chi connectivity index (χ1v) is 4.58. The van der Waals surface area contributed by atoms with Gasteiger partial charge in [-0.15, -0.1) is 0 Å². The van der Waals surface area contributed by atoms with Gasteiger partial charge in [0, 0.05) is 12.0 Å². The Kier molecular flexibility index (Phi) is 1.72. The maximum absolute atomic E-state index is 11.3. The fourth-order valence-corrected chi connectivity index (χ4v) is 2.35. The minimum atomic E-state index is 0.421. The smallest absolute Gasteiger partial charge is 0.150 e. The van der Waals surface area contributed by atoms with Gasteiger partial charge in [-0.2, -0.15) is 0 Å². The predicted octanol–water partition coefficient (Wildman–Crippen LogP) is 1.06. The van der Waals surface area contributed by atoms with E-state index in [0.29, 0.717) is 17.7 Å². The van der Waals surface area contributed by atoms with E-state index >= 15 is 0 Å². The molecule has 0 saturated carbocycles. The Morgan fingerprint density at radius 1 is 1.64 bits per heavy atom. The minimum Gasteiger partial charge on any atom is -0.298 e. The van der Waals surface area contributed by atoms with E-state index in [0.717, 1.165) is 25.9 Å². The zero-order valence-electron chi connectivity index (χ0n) is 7.05. The summed E-state index contributed by atoms with van der Waals surface area (Å²) in [7, 11) is 0. The fourth-order valence-electron chi connectivity index (χ4n) is 2.35. The molecule has 2 heteroatoms. The van der Waals surface area contributed by atoms with Gasteiger partial charge < -0.3 is 0 Å². The lowest BCUT2D eigenvalue weighted by Crippen LogP contribution is -2.53. The Bertz CT molecular complexity index is 178. The number of hydrogen-bond acceptors (Lipinski definition) is 2. The van der Waals surface area contributed by atoms with Crippen molar-refractivity contribution >= 4 is 5.78 Å². The molecule has 0 aliphatic carbocycles. The molecular formula is C9H15NO. The van der Waals surface area contributed by atoms with Crippen molar-refractivity contribution in [3.05, 3.63) is 0 Å². The molecule has 0 aromatic rings. The highest BCUT2D eigenvalue weighted by atomic mass is 16.1. The molecule has 3 aliphatic heterocycles. The highest BCUT2D eigenvalue weighted by molar-refractivity contribution is 5.84. The third-order valence-electron chi connectivity index (χ3n) is 3.12. The van der Waals surface area contributed by atoms with Crippen LogP contribution in [0.15, 0.2) is 0 Å². The number of nitrogens with zero attached hydrogens (tertiary/aromatic N) is 1. The van der Waals surface area contributed by atoms with Gasteiger partial charge in [-0.1, -0.05) is 6.92 Å². The summed E-state index contributed by atoms with van der Waals surface area (Å²) in [5.41, 5.74) is 0. The van der Waals surface area contributed by atoms with Gasteiger partial charge in [0.25, 0.3) is 0 Å². The molecule has 2 bridgehead atoms. The van der Waals surface area contributed by atoms with Gasteiger partial charge in [-0.25, -0.2) is 0 Å². The van der Waals surface area contributed by atoms with Crippen LogP contribution in [0.4, 0.5) is 0 Å². The van der Waals surface area contributed by atoms with E-state index in [-0.39, 0.29) is 0 Å². The van der Waals surface area contributed by atoms with Gasteiger partial charge in [-0.05, 0) is 25.8 Å². The van der Waals surface area contributed by atoms with Gasteiger partial charge in [0.2, 0.25) is 0 Å². The van der Waals surface area contributed by atoms with Crippen LogP contribution in [0, 0.1) is 5.92 Å². The number of ketones is 1. The number of hydrogen-bond donors (Lipinski definition) is 0. The van der Waals surface area contributed by atoms with Gasteiger partial charge in [0.15, 0.2) is 0 Å². The van der Waals surface area contributed by atoms with E-state index in [1.54, 1.807) is 0 Å². The minimum absolute atomic E-state index is 0.421. The largest absolute Gasteiger partial charge is 0.298 e. The number of rotatable bonds is 1. The highest BCUT2D eigenvalue weighted by Crippen LogP contribution is 2.30. The van der Waals surface area contributed by atoms with Crippen LogP contribution in [0.2, 0.25) is 0 Å². The second-order valence-electron chi connectivity index (χ2n) is 3.72. The molecule has 0 spiro atoms. The van der Waals surface area contributed by atoms with E-state index in [9.17, 15) is 4.79 Å². The van der Waals surface area contributed by atoms with E-state index in [1.165, 1.54) is 6.42 Å². The molecule has 3 atom stereocenters. The molecule has 11 heavy (non-hydrogen) atoms. The van der Waals surface area contributed by atoms with Gasteiger partial charge >= 0.3 is 0 Å². The number of piperidine rings is 3. The van der Waals surface area contributed by atoms with Crippen molar-refractivity contribution in [2.75, 3.05) is 13.1 Å². The molecule has 0 radical (unpaired) electrons. The number of carbonyl (C=O) groups excluding carboxylic acids is 1. The van der Waals surface area contributed by atoms with Gasteiger partial charge in [0.1, 0.15) is 5.78 Å². The first-order valence-electron chi connectivity index (χ1n) is 4.58. The Labute approximate surface area is 67.6 Å². The second kappa shape index (κ2) is 2.59. The molecule has 0 aromatic heterocycles. The zero-order chi connectivity index (χ0) is 7.84. The molecule has 0 amide bonds. The quantitative estimate of drug-likeness (QED) is 0.561. The first-order chi connectivity index (χ1) is 5.31. The zero-order valence-corrected chi connectivity index (χ0v) is 7.05. The Morgan fingerprint density at radius 3 is 2.91 bits per heavy atom. The van der Waals surface area contributed by atoms with Crippen LogP contribution in [0.25, 0.3) is 0 Å². The van der Waals surface area contributed by atoms with Crippen molar-refractivity contribution in [1.29, 1.82) is 0 Å². The highest BCUT2D eigenvalue weighted by Gasteiger charge is 2.37. The predicted molar refractivity (Wildman–Crippen MR) is 43.4 cm³/mol. The maximum atomic E-state index is 11.3. The number of carbonyl (C=O) groups is 1. The van der Waals surface area contributed by atoms with Gasteiger partial charge in [-0.3, -0.25) is 9.69 Å². The van der Waals surface area contributed by atoms with Crippen LogP contribution in [-0.2, 0) is 4.79 Å². The van der Waals surface area contributed by atoms with Crippen molar-refractivity contribution in [2.45, 2.75) is 32.2 Å². The summed E-state index contributed by atoms with van der Waals surface area (Å²) in [6.45, 7) is 4.12. The molecule has 62 valence electrons. The third-order valence-corrected chi connectivity index (χ3v) is 3.12. The summed E-state index contributed by atoms with van der Waals surface area (Å²) in [6, 6.07) is 0.714. The third kappa shape index (κ3) is 1.09. The van der Waals surface area contributed by atoms with Crippen molar-refractivity contribution in [2.24, 2.45) is 5.92 Å². The monoisotopic (exact) mass is 153 g/mol. The molecule has 3 aliphatic rings. The van der Waals surface area contributed by atoms with Crippen molar-refractivity contribution in [3.8, 4) is 0 Å². The summed E-state index contributed by atoms with van der Waals surface area (Å²) < 4.78 is 0. The lowest BCUT2D eigenvalue weighted by Gasteiger charge is -2.44. The summed E-state index contributed by atoms with van der Waals surface area (Å²) >= 11 is 0. The van der Waals surface area contributed by atoms with E-state index in [2.05, 4.69) is 11.8 Å². The fraction of sp³-hybridized carbons (Fsp3) is 0.889. The van der Waals surface area contributed by atoms with Crippen molar-refractivity contribution < 1.29 is 4.79 Å². The number of fused-ring (bicyclic) bond motifs is 3. The van der Waals surface area contributed by atoms with Crippen LogP contribution in [0.3, 0.4) is 0 Å². The molecule has 2 nitrogen and oxygen atoms in total. The summed E-state index contributed by atoms with van der Waals surface area (Å²) in [6.07, 6.45) is 3.47. The average Bonchev–Trinajstić information content (AvgIpc) is 2.05. The topological polar surface area (TPSA) is 20.3 Å². The van der Waals surface area contributed by atoms with Crippen LogP contribution in [0.5, 0.6) is 0 Å². The van der Waals surface area contributed by atoms with Crippen LogP contribution < -0.4 is 0 Å². The normalized spacial score (nSPS) is 43.0. The first kappa shape index (κ1) is 7.29. The Balaban J connectivity index is 2.10. The lowest BCUT2D eigenvalue weighted by molar-refractivity contribution is -0.133. The molecule has 3 fully saturated rings. The Hall–Kier alpha value is -0.370. The average molecular weight is 153 g/mol. The van der Waals surface area contributed by atoms with Crippen molar-refractivity contribution in [1.82, 2.24) is 4.90 Å². The molecule has 3 unspecified atom stereocenters. The van der Waals surface area contributed by atoms with E-state index in [1.807, 2.05) is 0 Å². The molecule has 3 heterocycles. The SMILES string of the molecule is CCC1CC2CCN1CC2=O. The molecule has 0 N–H and O–H groups in total. The maximum Gasteiger partial charge on any atom is 0.150 e. The lowest BCUT2D eigenvalue weighted by atomic mass is 9.81.